The molecule has 126 valence electrons. The summed E-state index contributed by atoms with van der Waals surface area (Å²) < 4.78 is 5.81. The second-order valence-corrected chi connectivity index (χ2v) is 11.3. The molecule has 0 radical (unpaired) electrons. The summed E-state index contributed by atoms with van der Waals surface area (Å²) in [6, 6.07) is -0.810. The first-order chi connectivity index (χ1) is 9.35. The number of rotatable bonds is 7. The smallest absolute Gasteiger partial charge is 0.320 e. The van der Waals surface area contributed by atoms with Gasteiger partial charge in [0.1, 0.15) is 6.04 Å². The van der Waals surface area contributed by atoms with Gasteiger partial charge in [0.05, 0.1) is 0 Å². The van der Waals surface area contributed by atoms with E-state index in [1.165, 1.54) is 0 Å². The first-order valence-electron chi connectivity index (χ1n) is 7.19. The average molecular weight is 321 g/mol. The van der Waals surface area contributed by atoms with E-state index in [2.05, 4.69) is 33.9 Å². The molecule has 0 aromatic heterocycles. The van der Waals surface area contributed by atoms with Crippen LogP contribution in [-0.2, 0) is 14.0 Å². The van der Waals surface area contributed by atoms with E-state index in [0.29, 0.717) is 19.4 Å². The lowest BCUT2D eigenvalue weighted by Crippen LogP contribution is -2.42. The molecular formula is C14H31NO5Si. The zero-order chi connectivity index (χ0) is 17.3. The summed E-state index contributed by atoms with van der Waals surface area (Å²) in [7, 11) is -1.75. The minimum Gasteiger partial charge on any atom is -0.481 e. The number of carbonyl (C=O) groups is 2. The molecule has 0 bridgehead atoms. The highest BCUT2D eigenvalue weighted by Crippen LogP contribution is 2.36. The van der Waals surface area contributed by atoms with Gasteiger partial charge in [0.15, 0.2) is 8.32 Å². The van der Waals surface area contributed by atoms with E-state index < -0.39 is 26.3 Å². The molecule has 0 aliphatic rings. The molecule has 4 N–H and O–H groups in total. The van der Waals surface area contributed by atoms with Gasteiger partial charge in [0.25, 0.3) is 0 Å². The van der Waals surface area contributed by atoms with Gasteiger partial charge in [-0.15, -0.1) is 0 Å². The molecule has 1 unspecified atom stereocenters. The quantitative estimate of drug-likeness (QED) is 0.622. The fourth-order valence-corrected chi connectivity index (χ4v) is 2.06. The molecule has 0 saturated carbocycles. The first-order valence-corrected chi connectivity index (χ1v) is 10.1. The van der Waals surface area contributed by atoms with Gasteiger partial charge in [0.2, 0.25) is 0 Å². The number of carboxylic acid groups (broad SMARTS) is 2. The molecule has 0 aromatic carbocycles. The second-order valence-electron chi connectivity index (χ2n) is 6.49. The maximum Gasteiger partial charge on any atom is 0.320 e. The van der Waals surface area contributed by atoms with Crippen LogP contribution < -0.4 is 5.73 Å². The molecule has 0 rings (SSSR count). The Morgan fingerprint density at radius 3 is 1.95 bits per heavy atom. The zero-order valence-electron chi connectivity index (χ0n) is 14.1. The predicted octanol–water partition coefficient (Wildman–Crippen LogP) is 2.68. The van der Waals surface area contributed by atoms with Gasteiger partial charge in [-0.1, -0.05) is 27.7 Å². The van der Waals surface area contributed by atoms with E-state index in [9.17, 15) is 9.59 Å². The highest BCUT2D eigenvalue weighted by molar-refractivity contribution is 6.74. The minimum absolute atomic E-state index is 0.153. The number of hydrogen-bond acceptors (Lipinski definition) is 4. The van der Waals surface area contributed by atoms with Crippen molar-refractivity contribution in [2.75, 3.05) is 6.61 Å². The SMILES string of the molecule is CC(C)(C)[Si](C)(C)OCCC(N)C(=O)O.CCCC(=O)O. The highest BCUT2D eigenvalue weighted by Gasteiger charge is 2.37. The van der Waals surface area contributed by atoms with Crippen LogP contribution in [0, 0.1) is 0 Å². The van der Waals surface area contributed by atoms with Crippen LogP contribution in [0.15, 0.2) is 0 Å². The number of nitrogens with two attached hydrogens (primary N) is 1. The van der Waals surface area contributed by atoms with Crippen molar-refractivity contribution in [1.29, 1.82) is 0 Å². The lowest BCUT2D eigenvalue weighted by Gasteiger charge is -2.36. The van der Waals surface area contributed by atoms with E-state index >= 15 is 0 Å². The Labute approximate surface area is 128 Å². The van der Waals surface area contributed by atoms with Crippen molar-refractivity contribution in [3.8, 4) is 0 Å². The Morgan fingerprint density at radius 2 is 1.71 bits per heavy atom. The van der Waals surface area contributed by atoms with Crippen LogP contribution in [0.25, 0.3) is 0 Å². The summed E-state index contributed by atoms with van der Waals surface area (Å²) in [5, 5.41) is 16.7. The zero-order valence-corrected chi connectivity index (χ0v) is 15.1. The molecule has 0 fully saturated rings. The van der Waals surface area contributed by atoms with E-state index in [1.807, 2.05) is 6.92 Å². The molecular weight excluding hydrogens is 290 g/mol. The fourth-order valence-electron chi connectivity index (χ4n) is 0.995. The van der Waals surface area contributed by atoms with Gasteiger partial charge in [-0.05, 0) is 31.0 Å². The maximum atomic E-state index is 10.5. The highest BCUT2D eigenvalue weighted by atomic mass is 28.4. The van der Waals surface area contributed by atoms with Crippen molar-refractivity contribution < 1.29 is 24.2 Å². The van der Waals surface area contributed by atoms with Gasteiger partial charge in [-0.3, -0.25) is 9.59 Å². The Balaban J connectivity index is 0. The van der Waals surface area contributed by atoms with Gasteiger partial charge in [-0.25, -0.2) is 0 Å². The summed E-state index contributed by atoms with van der Waals surface area (Å²) in [6.45, 7) is 13.0. The molecule has 0 aliphatic heterocycles. The molecule has 0 aliphatic carbocycles. The molecule has 21 heavy (non-hydrogen) atoms. The summed E-state index contributed by atoms with van der Waals surface area (Å²) in [6.07, 6.45) is 1.40. The predicted molar refractivity (Wildman–Crippen MR) is 85.9 cm³/mol. The molecule has 0 spiro atoms. The molecule has 0 heterocycles. The van der Waals surface area contributed by atoms with Crippen LogP contribution in [0.3, 0.4) is 0 Å². The van der Waals surface area contributed by atoms with Gasteiger partial charge in [-0.2, -0.15) is 0 Å². The van der Waals surface area contributed by atoms with Crippen LogP contribution in [0.1, 0.15) is 47.0 Å². The van der Waals surface area contributed by atoms with Gasteiger partial charge < -0.3 is 20.4 Å². The van der Waals surface area contributed by atoms with Crippen LogP contribution in [0.5, 0.6) is 0 Å². The Morgan fingerprint density at radius 1 is 1.24 bits per heavy atom. The molecule has 1 atom stereocenters. The van der Waals surface area contributed by atoms with Crippen LogP contribution in [0.4, 0.5) is 0 Å². The van der Waals surface area contributed by atoms with Gasteiger partial charge in [0, 0.05) is 13.0 Å². The Bertz CT molecular complexity index is 326. The second kappa shape index (κ2) is 9.91. The third-order valence-corrected chi connectivity index (χ3v) is 8.02. The van der Waals surface area contributed by atoms with Crippen molar-refractivity contribution in [3.63, 3.8) is 0 Å². The topological polar surface area (TPSA) is 110 Å². The van der Waals surface area contributed by atoms with Crippen molar-refractivity contribution in [2.24, 2.45) is 5.73 Å². The van der Waals surface area contributed by atoms with E-state index in [4.69, 9.17) is 20.4 Å². The molecule has 0 amide bonds. The normalized spacial score (nSPS) is 13.1. The molecule has 6 nitrogen and oxygen atoms in total. The first kappa shape index (κ1) is 22.4. The lowest BCUT2D eigenvalue weighted by atomic mass is 10.2. The van der Waals surface area contributed by atoms with Gasteiger partial charge >= 0.3 is 11.9 Å². The Hall–Kier alpha value is -0.923. The minimum atomic E-state index is -1.75. The maximum absolute atomic E-state index is 10.5. The van der Waals surface area contributed by atoms with E-state index in [-0.39, 0.29) is 5.04 Å². The molecule has 0 aromatic rings. The largest absolute Gasteiger partial charge is 0.481 e. The lowest BCUT2D eigenvalue weighted by molar-refractivity contribution is -0.139. The number of aliphatic carboxylic acids is 2. The third kappa shape index (κ3) is 11.4. The van der Waals surface area contributed by atoms with Crippen molar-refractivity contribution in [3.05, 3.63) is 0 Å². The number of hydrogen-bond donors (Lipinski definition) is 3. The van der Waals surface area contributed by atoms with Crippen LogP contribution >= 0.6 is 0 Å². The molecule has 0 saturated heterocycles. The fraction of sp³-hybridized carbons (Fsp3) is 0.857. The van der Waals surface area contributed by atoms with E-state index in [1.54, 1.807) is 0 Å². The Kier molecular flexibility index (Phi) is 10.6. The summed E-state index contributed by atoms with van der Waals surface area (Å²) in [4.78, 5) is 20.1. The van der Waals surface area contributed by atoms with Crippen molar-refractivity contribution in [2.45, 2.75) is 71.1 Å². The summed E-state index contributed by atoms with van der Waals surface area (Å²) in [5.41, 5.74) is 5.39. The van der Waals surface area contributed by atoms with Crippen molar-refractivity contribution >= 4 is 20.3 Å². The summed E-state index contributed by atoms with van der Waals surface area (Å²) >= 11 is 0. The average Bonchev–Trinajstić information content (AvgIpc) is 2.27. The summed E-state index contributed by atoms with van der Waals surface area (Å²) in [5.74, 6) is -1.67. The monoisotopic (exact) mass is 321 g/mol. The van der Waals surface area contributed by atoms with Crippen LogP contribution in [0.2, 0.25) is 18.1 Å². The third-order valence-electron chi connectivity index (χ3n) is 3.48. The standard InChI is InChI=1S/C10H23NO3Si.C4H8O2/c1-10(2,3)15(4,5)14-7-6-8(11)9(12)13;1-2-3-4(5)6/h8H,6-7,11H2,1-5H3,(H,12,13);2-3H2,1H3,(H,5,6). The number of carboxylic acids is 2. The van der Waals surface area contributed by atoms with Crippen LogP contribution in [-0.4, -0.2) is 43.1 Å². The van der Waals surface area contributed by atoms with E-state index in [0.717, 1.165) is 6.42 Å². The molecule has 7 heteroatoms. The van der Waals surface area contributed by atoms with Crippen molar-refractivity contribution in [1.82, 2.24) is 0 Å².